The normalized spacial score (nSPS) is 9.56. The molecule has 0 aliphatic heterocycles. The molecule has 1 aromatic carbocycles. The van der Waals surface area contributed by atoms with Crippen molar-refractivity contribution in [3.05, 3.63) is 48.0 Å². The number of hydrogen-bond acceptors (Lipinski definition) is 1. The highest BCUT2D eigenvalue weighted by Crippen LogP contribution is 2.06. The van der Waals surface area contributed by atoms with Gasteiger partial charge in [-0.1, -0.05) is 30.3 Å². The molecule has 1 rings (SSSR count). The van der Waals surface area contributed by atoms with E-state index in [4.69, 9.17) is 0 Å². The quantitative estimate of drug-likeness (QED) is 0.729. The highest BCUT2D eigenvalue weighted by molar-refractivity contribution is 5.73. The summed E-state index contributed by atoms with van der Waals surface area (Å²) in [6.07, 6.45) is 2.51. The number of hydrogen-bond donors (Lipinski definition) is 2. The zero-order valence-corrected chi connectivity index (χ0v) is 9.62. The summed E-state index contributed by atoms with van der Waals surface area (Å²) in [4.78, 5) is 11.2. The lowest BCUT2D eigenvalue weighted by atomic mass is 10.1. The number of rotatable bonds is 5. The van der Waals surface area contributed by atoms with Crippen LogP contribution in [0.15, 0.2) is 36.9 Å². The van der Waals surface area contributed by atoms with E-state index < -0.39 is 0 Å². The number of carbonyl (C=O) groups is 1. The molecule has 0 saturated heterocycles. The molecule has 0 aromatic heterocycles. The van der Waals surface area contributed by atoms with Crippen molar-refractivity contribution in [2.24, 2.45) is 0 Å². The van der Waals surface area contributed by atoms with Crippen LogP contribution in [0.2, 0.25) is 0 Å². The van der Waals surface area contributed by atoms with Crippen molar-refractivity contribution in [2.75, 3.05) is 13.1 Å². The summed E-state index contributed by atoms with van der Waals surface area (Å²) >= 11 is 0. The van der Waals surface area contributed by atoms with Gasteiger partial charge in [0, 0.05) is 13.1 Å². The molecule has 86 valence electrons. The number of urea groups is 1. The molecule has 0 spiro atoms. The van der Waals surface area contributed by atoms with Crippen LogP contribution in [0, 0.1) is 6.92 Å². The van der Waals surface area contributed by atoms with Crippen molar-refractivity contribution < 1.29 is 4.79 Å². The molecular weight excluding hydrogens is 200 g/mol. The molecule has 1 aromatic rings. The second-order valence-corrected chi connectivity index (χ2v) is 3.60. The van der Waals surface area contributed by atoms with E-state index in [1.165, 1.54) is 11.1 Å². The van der Waals surface area contributed by atoms with Gasteiger partial charge < -0.3 is 10.6 Å². The minimum Gasteiger partial charge on any atom is -0.338 e. The molecular formula is C13H18N2O. The fourth-order valence-electron chi connectivity index (χ4n) is 1.43. The van der Waals surface area contributed by atoms with E-state index in [1.807, 2.05) is 12.1 Å². The lowest BCUT2D eigenvalue weighted by molar-refractivity contribution is 0.242. The maximum atomic E-state index is 11.2. The molecule has 16 heavy (non-hydrogen) atoms. The van der Waals surface area contributed by atoms with E-state index in [9.17, 15) is 4.79 Å². The van der Waals surface area contributed by atoms with Crippen LogP contribution in [0.5, 0.6) is 0 Å². The Balaban J connectivity index is 2.28. The molecule has 2 N–H and O–H groups in total. The Morgan fingerprint density at radius 3 is 2.81 bits per heavy atom. The van der Waals surface area contributed by atoms with Gasteiger partial charge in [-0.2, -0.15) is 0 Å². The first-order valence-electron chi connectivity index (χ1n) is 5.41. The third kappa shape index (κ3) is 4.17. The van der Waals surface area contributed by atoms with Gasteiger partial charge in [-0.05, 0) is 24.5 Å². The van der Waals surface area contributed by atoms with Crippen LogP contribution in [0.3, 0.4) is 0 Å². The average Bonchev–Trinajstić information content (AvgIpc) is 2.29. The number of nitrogens with one attached hydrogen (secondary N) is 2. The third-order valence-corrected chi connectivity index (χ3v) is 2.35. The molecule has 0 aliphatic rings. The topological polar surface area (TPSA) is 41.1 Å². The van der Waals surface area contributed by atoms with Crippen LogP contribution < -0.4 is 10.6 Å². The number of carbonyl (C=O) groups excluding carboxylic acids is 1. The highest BCUT2D eigenvalue weighted by Gasteiger charge is 1.99. The van der Waals surface area contributed by atoms with Crippen molar-refractivity contribution >= 4 is 6.03 Å². The first-order chi connectivity index (χ1) is 7.74. The molecule has 0 radical (unpaired) electrons. The van der Waals surface area contributed by atoms with Gasteiger partial charge in [0.2, 0.25) is 0 Å². The van der Waals surface area contributed by atoms with Crippen LogP contribution in [0.4, 0.5) is 4.79 Å². The monoisotopic (exact) mass is 218 g/mol. The second kappa shape index (κ2) is 6.67. The van der Waals surface area contributed by atoms with Crippen molar-refractivity contribution in [3.8, 4) is 0 Å². The van der Waals surface area contributed by atoms with Gasteiger partial charge in [0.05, 0.1) is 0 Å². The maximum absolute atomic E-state index is 11.2. The maximum Gasteiger partial charge on any atom is 0.315 e. The zero-order valence-electron chi connectivity index (χ0n) is 9.62. The smallest absolute Gasteiger partial charge is 0.315 e. The van der Waals surface area contributed by atoms with Gasteiger partial charge in [0.1, 0.15) is 0 Å². The van der Waals surface area contributed by atoms with Gasteiger partial charge in [0.25, 0.3) is 0 Å². The zero-order chi connectivity index (χ0) is 11.8. The van der Waals surface area contributed by atoms with Crippen LogP contribution in [-0.4, -0.2) is 19.1 Å². The van der Waals surface area contributed by atoms with E-state index in [0.717, 1.165) is 6.42 Å². The van der Waals surface area contributed by atoms with Crippen LogP contribution >= 0.6 is 0 Å². The van der Waals surface area contributed by atoms with Gasteiger partial charge in [-0.15, -0.1) is 6.58 Å². The van der Waals surface area contributed by atoms with Crippen molar-refractivity contribution in [2.45, 2.75) is 13.3 Å². The van der Waals surface area contributed by atoms with Gasteiger partial charge in [-0.3, -0.25) is 0 Å². The second-order valence-electron chi connectivity index (χ2n) is 3.60. The van der Waals surface area contributed by atoms with E-state index in [2.05, 4.69) is 36.3 Å². The average molecular weight is 218 g/mol. The Labute approximate surface area is 96.6 Å². The highest BCUT2D eigenvalue weighted by atomic mass is 16.2. The molecule has 0 atom stereocenters. The summed E-state index contributed by atoms with van der Waals surface area (Å²) in [7, 11) is 0. The minimum atomic E-state index is -0.145. The lowest BCUT2D eigenvalue weighted by Gasteiger charge is -2.07. The molecule has 0 fully saturated rings. The molecule has 0 saturated carbocycles. The van der Waals surface area contributed by atoms with Crippen molar-refractivity contribution in [1.82, 2.24) is 10.6 Å². The first kappa shape index (κ1) is 12.3. The molecule has 0 aliphatic carbocycles. The summed E-state index contributed by atoms with van der Waals surface area (Å²) in [5, 5.41) is 5.46. The number of aryl methyl sites for hydroxylation is 1. The Bertz CT molecular complexity index is 361. The summed E-state index contributed by atoms with van der Waals surface area (Å²) in [5.41, 5.74) is 2.53. The molecule has 0 bridgehead atoms. The summed E-state index contributed by atoms with van der Waals surface area (Å²) in [5.74, 6) is 0. The van der Waals surface area contributed by atoms with Crippen LogP contribution in [0.1, 0.15) is 11.1 Å². The Morgan fingerprint density at radius 2 is 2.12 bits per heavy atom. The van der Waals surface area contributed by atoms with Crippen LogP contribution in [-0.2, 0) is 6.42 Å². The van der Waals surface area contributed by atoms with Gasteiger partial charge in [-0.25, -0.2) is 4.79 Å². The minimum absolute atomic E-state index is 0.145. The van der Waals surface area contributed by atoms with Gasteiger partial charge >= 0.3 is 6.03 Å². The van der Waals surface area contributed by atoms with E-state index in [0.29, 0.717) is 13.1 Å². The predicted octanol–water partition coefficient (Wildman–Crippen LogP) is 2.02. The number of benzene rings is 1. The van der Waals surface area contributed by atoms with E-state index in [1.54, 1.807) is 6.08 Å². The largest absolute Gasteiger partial charge is 0.338 e. The summed E-state index contributed by atoms with van der Waals surface area (Å²) in [6.45, 7) is 6.75. The fourth-order valence-corrected chi connectivity index (χ4v) is 1.43. The van der Waals surface area contributed by atoms with Gasteiger partial charge in [0.15, 0.2) is 0 Å². The van der Waals surface area contributed by atoms with E-state index in [-0.39, 0.29) is 6.03 Å². The Kier molecular flexibility index (Phi) is 5.12. The molecule has 3 nitrogen and oxygen atoms in total. The van der Waals surface area contributed by atoms with E-state index >= 15 is 0 Å². The van der Waals surface area contributed by atoms with Crippen LogP contribution in [0.25, 0.3) is 0 Å². The number of amides is 2. The first-order valence-corrected chi connectivity index (χ1v) is 5.41. The van der Waals surface area contributed by atoms with Crippen molar-refractivity contribution in [3.63, 3.8) is 0 Å². The standard InChI is InChI=1S/C13H18N2O/c1-3-9-14-13(16)15-10-8-12-7-5-4-6-11(12)2/h3-7H,1,8-10H2,2H3,(H2,14,15,16). The Morgan fingerprint density at radius 1 is 1.38 bits per heavy atom. The summed E-state index contributed by atoms with van der Waals surface area (Å²) in [6, 6.07) is 8.04. The predicted molar refractivity (Wildman–Crippen MR) is 66.5 cm³/mol. The molecule has 0 heterocycles. The SMILES string of the molecule is C=CCNC(=O)NCCc1ccccc1C. The molecule has 3 heteroatoms. The summed E-state index contributed by atoms with van der Waals surface area (Å²) < 4.78 is 0. The van der Waals surface area contributed by atoms with Crippen molar-refractivity contribution in [1.29, 1.82) is 0 Å². The third-order valence-electron chi connectivity index (χ3n) is 2.35. The Hall–Kier alpha value is -1.77. The fraction of sp³-hybridized carbons (Fsp3) is 0.308. The molecule has 2 amide bonds. The molecule has 0 unspecified atom stereocenters. The lowest BCUT2D eigenvalue weighted by Crippen LogP contribution is -2.36.